The first-order valence-corrected chi connectivity index (χ1v) is 17.4. The zero-order valence-corrected chi connectivity index (χ0v) is 29.0. The molecule has 224 valence electrons. The maximum Gasteiger partial charge on any atom is -0.0443 e. The third-order valence-electron chi connectivity index (χ3n) is 5.39. The Labute approximate surface area is 231 Å². The quantitative estimate of drug-likeness (QED) is 0.307. The summed E-state index contributed by atoms with van der Waals surface area (Å²) >= 11 is 0. The van der Waals surface area contributed by atoms with Gasteiger partial charge < -0.3 is 0 Å². The van der Waals surface area contributed by atoms with Crippen molar-refractivity contribution < 1.29 is 0 Å². The molecule has 0 radical (unpaired) electrons. The van der Waals surface area contributed by atoms with Gasteiger partial charge in [-0.15, -0.1) is 0 Å². The lowest BCUT2D eigenvalue weighted by atomic mass is 9.88. The summed E-state index contributed by atoms with van der Waals surface area (Å²) in [5.41, 5.74) is 0. The molecular weight excluding hydrogens is 420 g/mol. The molecule has 0 aromatic rings. The van der Waals surface area contributed by atoms with Crippen molar-refractivity contribution in [2.75, 3.05) is 0 Å². The van der Waals surface area contributed by atoms with Crippen LogP contribution in [0.25, 0.3) is 0 Å². The highest BCUT2D eigenvalue weighted by molar-refractivity contribution is 4.62. The van der Waals surface area contributed by atoms with Crippen LogP contribution in [0.3, 0.4) is 0 Å². The van der Waals surface area contributed by atoms with Gasteiger partial charge in [-0.3, -0.25) is 0 Å². The number of hydrogen-bond acceptors (Lipinski definition) is 0. The van der Waals surface area contributed by atoms with E-state index in [0.29, 0.717) is 0 Å². The Bertz CT molecular complexity index is 128. The van der Waals surface area contributed by atoms with Crippen molar-refractivity contribution in [1.82, 2.24) is 0 Å². The molecule has 0 atom stereocenters. The van der Waals surface area contributed by atoms with Crippen LogP contribution in [-0.2, 0) is 0 Å². The molecule has 0 unspecified atom stereocenters. The second-order valence-corrected chi connectivity index (χ2v) is 7.69. The van der Waals surface area contributed by atoms with Crippen LogP contribution < -0.4 is 0 Å². The fourth-order valence-corrected chi connectivity index (χ4v) is 1.61. The van der Waals surface area contributed by atoms with Crippen molar-refractivity contribution in [3.63, 3.8) is 0 Å². The van der Waals surface area contributed by atoms with Gasteiger partial charge in [-0.2, -0.15) is 0 Å². The molecule has 0 aromatic carbocycles. The second-order valence-electron chi connectivity index (χ2n) is 7.69. The van der Waals surface area contributed by atoms with E-state index in [0.717, 1.165) is 5.92 Å². The molecule has 0 aromatic heterocycles. The summed E-state index contributed by atoms with van der Waals surface area (Å²) in [6.07, 6.45) is 28.5. The van der Waals surface area contributed by atoms with Crippen molar-refractivity contribution >= 4 is 0 Å². The summed E-state index contributed by atoms with van der Waals surface area (Å²) in [4.78, 5) is 0. The minimum absolute atomic E-state index is 1.06. The van der Waals surface area contributed by atoms with E-state index in [4.69, 9.17) is 0 Å². The van der Waals surface area contributed by atoms with Crippen LogP contribution in [0.2, 0.25) is 0 Å². The average molecular weight is 505 g/mol. The Hall–Kier alpha value is 0. The van der Waals surface area contributed by atoms with Crippen LogP contribution in [0.1, 0.15) is 226 Å². The van der Waals surface area contributed by atoms with Crippen molar-refractivity contribution in [2.24, 2.45) is 5.92 Å². The second kappa shape index (κ2) is 76.5. The zero-order valence-electron chi connectivity index (χ0n) is 29.0. The molecule has 0 aliphatic heterocycles. The first-order valence-electron chi connectivity index (χ1n) is 17.4. The van der Waals surface area contributed by atoms with Gasteiger partial charge in [0.2, 0.25) is 0 Å². The highest BCUT2D eigenvalue weighted by Gasteiger charge is 2.09. The predicted octanol–water partition coefficient (Wildman–Crippen LogP) is 15.2. The fourth-order valence-electron chi connectivity index (χ4n) is 1.61. The lowest BCUT2D eigenvalue weighted by Crippen LogP contribution is -2.04. The molecule has 0 heteroatoms. The largest absolute Gasteiger partial charge is 0.0683 e. The summed E-state index contributed by atoms with van der Waals surface area (Å²) in [6, 6.07) is 0. The van der Waals surface area contributed by atoms with Crippen LogP contribution in [0.15, 0.2) is 0 Å². The Morgan fingerprint density at radius 2 is 0.314 bits per heavy atom. The first-order chi connectivity index (χ1) is 17.4. The van der Waals surface area contributed by atoms with Crippen LogP contribution >= 0.6 is 0 Å². The van der Waals surface area contributed by atoms with Gasteiger partial charge in [0.15, 0.2) is 0 Å². The Kier molecular flexibility index (Phi) is 113. The van der Waals surface area contributed by atoms with Gasteiger partial charge in [-0.1, -0.05) is 226 Å². The molecule has 5 rings (SSSR count). The molecule has 5 aliphatic rings. The molecule has 0 spiro atoms. The number of hydrogen-bond donors (Lipinski definition) is 0. The molecule has 5 saturated carbocycles. The predicted molar refractivity (Wildman–Crippen MR) is 176 cm³/mol. The van der Waals surface area contributed by atoms with Crippen LogP contribution in [0.4, 0.5) is 0 Å². The topological polar surface area (TPSA) is 0 Å². The first kappa shape index (κ1) is 51.6. The minimum atomic E-state index is 1.06. The molecule has 0 N–H and O–H groups in total. The van der Waals surface area contributed by atoms with Crippen molar-refractivity contribution in [3.05, 3.63) is 0 Å². The van der Waals surface area contributed by atoms with Gasteiger partial charge >= 0.3 is 0 Å². The Morgan fingerprint density at radius 3 is 0.314 bits per heavy atom. The standard InChI is InChI=1S/C5H10.4C4H8.7C2H6/c1-5-3-2-4-5;4*1-2-4-3-1;7*1-2/h5H,2-4H2,1H3;4*1-4H2;7*1-2H3. The van der Waals surface area contributed by atoms with Gasteiger partial charge in [-0.25, -0.2) is 0 Å². The summed E-state index contributed by atoms with van der Waals surface area (Å²) in [5, 5.41) is 0. The van der Waals surface area contributed by atoms with Gasteiger partial charge in [0.05, 0.1) is 0 Å². The molecule has 5 aliphatic carbocycles. The zero-order chi connectivity index (χ0) is 29.0. The van der Waals surface area contributed by atoms with Crippen molar-refractivity contribution in [2.45, 2.75) is 226 Å². The fraction of sp³-hybridized carbons (Fsp3) is 1.00. The molecule has 35 heavy (non-hydrogen) atoms. The molecule has 5 fully saturated rings. The van der Waals surface area contributed by atoms with Gasteiger partial charge in [0.1, 0.15) is 0 Å². The van der Waals surface area contributed by atoms with Crippen molar-refractivity contribution in [3.8, 4) is 0 Å². The Balaban J connectivity index is -0.0000000501. The third kappa shape index (κ3) is 71.9. The molecule has 0 saturated heterocycles. The SMILES string of the molecule is C1CCC1.C1CCC1.C1CCC1.C1CCC1.CC.CC.CC.CC.CC.CC.CC.CC1CCC1. The lowest BCUT2D eigenvalue weighted by molar-refractivity contribution is 0.346. The molecular formula is C35H84. The van der Waals surface area contributed by atoms with Crippen LogP contribution in [-0.4, -0.2) is 0 Å². The normalized spacial score (nSPS) is 15.9. The Morgan fingerprint density at radius 1 is 0.229 bits per heavy atom. The third-order valence-corrected chi connectivity index (χ3v) is 5.39. The molecule has 0 bridgehead atoms. The molecule has 0 amide bonds. The van der Waals surface area contributed by atoms with E-state index in [1.165, 1.54) is 122 Å². The average Bonchev–Trinajstić information content (AvgIpc) is 2.77. The van der Waals surface area contributed by atoms with Crippen molar-refractivity contribution in [1.29, 1.82) is 0 Å². The van der Waals surface area contributed by atoms with E-state index in [9.17, 15) is 0 Å². The van der Waals surface area contributed by atoms with E-state index in [-0.39, 0.29) is 0 Å². The maximum absolute atomic E-state index is 2.31. The highest BCUT2D eigenvalue weighted by Crippen LogP contribution is 2.24. The van der Waals surface area contributed by atoms with E-state index >= 15 is 0 Å². The monoisotopic (exact) mass is 505 g/mol. The summed E-state index contributed by atoms with van der Waals surface area (Å²) in [7, 11) is 0. The van der Waals surface area contributed by atoms with E-state index < -0.39 is 0 Å². The van der Waals surface area contributed by atoms with E-state index in [1.54, 1.807) is 0 Å². The summed E-state index contributed by atoms with van der Waals surface area (Å²) in [6.45, 7) is 30.3. The summed E-state index contributed by atoms with van der Waals surface area (Å²) in [5.74, 6) is 1.06. The summed E-state index contributed by atoms with van der Waals surface area (Å²) < 4.78 is 0. The maximum atomic E-state index is 2.31. The van der Waals surface area contributed by atoms with Gasteiger partial charge in [0, 0.05) is 0 Å². The van der Waals surface area contributed by atoms with Crippen LogP contribution in [0, 0.1) is 5.92 Å². The minimum Gasteiger partial charge on any atom is -0.0683 e. The number of rotatable bonds is 0. The van der Waals surface area contributed by atoms with E-state index in [1.807, 2.05) is 96.9 Å². The smallest absolute Gasteiger partial charge is 0.0443 e. The van der Waals surface area contributed by atoms with Gasteiger partial charge in [-0.05, 0) is 5.92 Å². The highest BCUT2D eigenvalue weighted by atomic mass is 14.1. The lowest BCUT2D eigenvalue weighted by Gasteiger charge is -2.18. The van der Waals surface area contributed by atoms with Gasteiger partial charge in [0.25, 0.3) is 0 Å². The molecule has 0 nitrogen and oxygen atoms in total. The van der Waals surface area contributed by atoms with E-state index in [2.05, 4.69) is 6.92 Å². The molecule has 0 heterocycles. The van der Waals surface area contributed by atoms with Crippen LogP contribution in [0.5, 0.6) is 0 Å².